The quantitative estimate of drug-likeness (QED) is 0.472. The van der Waals surface area contributed by atoms with E-state index in [-0.39, 0.29) is 30.9 Å². The second kappa shape index (κ2) is 9.07. The molecule has 2 heterocycles. The van der Waals surface area contributed by atoms with E-state index >= 15 is 0 Å². The van der Waals surface area contributed by atoms with Crippen molar-refractivity contribution >= 4 is 47.7 Å². The van der Waals surface area contributed by atoms with Crippen molar-refractivity contribution in [1.82, 2.24) is 5.16 Å². The van der Waals surface area contributed by atoms with Gasteiger partial charge < -0.3 is 9.26 Å². The first-order valence-electron chi connectivity index (χ1n) is 8.80. The molecule has 28 heavy (non-hydrogen) atoms. The number of carbonyl (C=O) groups excluding carboxylic acids is 2. The first kappa shape index (κ1) is 19.4. The van der Waals surface area contributed by atoms with Crippen LogP contribution in [-0.4, -0.2) is 34.1 Å². The van der Waals surface area contributed by atoms with Gasteiger partial charge in [0, 0.05) is 4.91 Å². The number of para-hydroxylation sites is 1. The fourth-order valence-corrected chi connectivity index (χ4v) is 5.63. The van der Waals surface area contributed by atoms with E-state index < -0.39 is 0 Å². The number of carbonyl (C=O) groups is 2. The third kappa shape index (κ3) is 4.40. The van der Waals surface area contributed by atoms with Crippen molar-refractivity contribution in [3.63, 3.8) is 0 Å². The minimum atomic E-state index is -0.154. The number of aromatic nitrogens is 1. The minimum absolute atomic E-state index is 0.0581. The van der Waals surface area contributed by atoms with Crippen LogP contribution in [0.2, 0.25) is 0 Å². The second-order valence-corrected chi connectivity index (χ2v) is 9.42. The third-order valence-electron chi connectivity index (χ3n) is 4.16. The van der Waals surface area contributed by atoms with Crippen LogP contribution in [0.3, 0.4) is 0 Å². The molecule has 1 aliphatic carbocycles. The monoisotopic (exact) mass is 432 g/mol. The number of benzene rings is 1. The molecule has 2 aliphatic rings. The maximum atomic E-state index is 12.3. The van der Waals surface area contributed by atoms with Crippen LogP contribution < -0.4 is 4.74 Å². The second-order valence-electron chi connectivity index (χ2n) is 6.14. The summed E-state index contributed by atoms with van der Waals surface area (Å²) in [4.78, 5) is 25.3. The normalized spacial score (nSPS) is 16.9. The smallest absolute Gasteiger partial charge is 0.247 e. The van der Waals surface area contributed by atoms with E-state index in [0.717, 1.165) is 40.6 Å². The molecular formula is C19H17N2O4PS2. The van der Waals surface area contributed by atoms with Gasteiger partial charge in [-0.2, -0.15) is 0 Å². The van der Waals surface area contributed by atoms with Crippen molar-refractivity contribution in [3.8, 4) is 5.75 Å². The zero-order valence-electron chi connectivity index (χ0n) is 14.8. The van der Waals surface area contributed by atoms with E-state index in [4.69, 9.17) is 9.26 Å². The van der Waals surface area contributed by atoms with Gasteiger partial charge in [0.25, 0.3) is 0 Å². The fourth-order valence-electron chi connectivity index (χ4n) is 2.85. The predicted octanol–water partition coefficient (Wildman–Crippen LogP) is 4.46. The summed E-state index contributed by atoms with van der Waals surface area (Å²) >= 11 is 2.71. The maximum Gasteiger partial charge on any atom is 0.247 e. The van der Waals surface area contributed by atoms with Crippen LogP contribution in [-0.2, 0) is 11.2 Å². The topological polar surface area (TPSA) is 81.8 Å². The molecule has 0 saturated heterocycles. The van der Waals surface area contributed by atoms with Crippen LogP contribution in [0, 0.1) is 0 Å². The first-order chi connectivity index (χ1) is 13.7. The van der Waals surface area contributed by atoms with Gasteiger partial charge in [-0.1, -0.05) is 23.4 Å². The van der Waals surface area contributed by atoms with Gasteiger partial charge in [0.15, 0.2) is 17.2 Å². The number of hydrogen-bond donors (Lipinski definition) is 0. The Labute approximate surface area is 172 Å². The summed E-state index contributed by atoms with van der Waals surface area (Å²) in [6.07, 6.45) is 3.58. The molecule has 6 nitrogen and oxygen atoms in total. The fraction of sp³-hybridized carbons (Fsp3) is 0.263. The number of rotatable bonds is 7. The Bertz CT molecular complexity index is 956. The lowest BCUT2D eigenvalue weighted by Gasteiger charge is -2.09. The van der Waals surface area contributed by atoms with Crippen LogP contribution in [0.5, 0.6) is 5.75 Å². The zero-order valence-corrected chi connectivity index (χ0v) is 17.5. The molecule has 1 aromatic carbocycles. The van der Waals surface area contributed by atoms with Crippen molar-refractivity contribution < 1.29 is 18.8 Å². The summed E-state index contributed by atoms with van der Waals surface area (Å²) in [5.41, 5.74) is 1.54. The number of unbranched alkanes of at least 4 members (excludes halogenated alkanes) is 1. The molecule has 0 N–H and O–H groups in total. The Kier molecular flexibility index (Phi) is 6.29. The van der Waals surface area contributed by atoms with E-state index in [1.54, 1.807) is 17.8 Å². The molecule has 1 aromatic heterocycles. The highest BCUT2D eigenvalue weighted by Gasteiger charge is 2.33. The van der Waals surface area contributed by atoms with Crippen LogP contribution in [0.1, 0.15) is 34.7 Å². The van der Waals surface area contributed by atoms with Gasteiger partial charge in [-0.3, -0.25) is 14.4 Å². The molecular weight excluding hydrogens is 415 g/mol. The van der Waals surface area contributed by atoms with Crippen molar-refractivity contribution in [2.24, 2.45) is 4.76 Å². The highest BCUT2D eigenvalue weighted by Crippen LogP contribution is 2.42. The molecule has 1 aliphatic heterocycles. The first-order valence-corrected chi connectivity index (χ1v) is 12.3. The summed E-state index contributed by atoms with van der Waals surface area (Å²) in [5.74, 6) is 2.07. The third-order valence-corrected chi connectivity index (χ3v) is 7.16. The molecule has 0 saturated carbocycles. The Morgan fingerprint density at radius 1 is 1.21 bits per heavy atom. The van der Waals surface area contributed by atoms with E-state index in [1.807, 2.05) is 30.3 Å². The van der Waals surface area contributed by atoms with Crippen LogP contribution in [0.25, 0.3) is 0 Å². The molecule has 0 fully saturated rings. The van der Waals surface area contributed by atoms with Gasteiger partial charge in [0.1, 0.15) is 5.75 Å². The van der Waals surface area contributed by atoms with Crippen molar-refractivity contribution in [1.29, 1.82) is 0 Å². The van der Waals surface area contributed by atoms with Gasteiger partial charge in [-0.25, -0.2) is 0 Å². The molecule has 1 atom stereocenters. The van der Waals surface area contributed by atoms with E-state index in [9.17, 15) is 9.59 Å². The van der Waals surface area contributed by atoms with Gasteiger partial charge in [0.05, 0.1) is 32.2 Å². The summed E-state index contributed by atoms with van der Waals surface area (Å²) in [6, 6.07) is 9.74. The molecule has 0 spiro atoms. The molecule has 0 bridgehead atoms. The average Bonchev–Trinajstić information content (AvgIpc) is 2.96. The van der Waals surface area contributed by atoms with Gasteiger partial charge in [0.2, 0.25) is 5.12 Å². The van der Waals surface area contributed by atoms with Crippen molar-refractivity contribution in [2.75, 3.05) is 12.4 Å². The molecule has 144 valence electrons. The molecule has 2 aromatic rings. The van der Waals surface area contributed by atoms with Crippen LogP contribution >= 0.6 is 31.1 Å². The van der Waals surface area contributed by atoms with Gasteiger partial charge in [-0.15, -0.1) is 11.8 Å². The molecule has 9 heteroatoms. The highest BCUT2D eigenvalue weighted by molar-refractivity contribution is 8.57. The van der Waals surface area contributed by atoms with Crippen LogP contribution in [0.4, 0.5) is 0 Å². The Morgan fingerprint density at radius 3 is 2.93 bits per heavy atom. The Hall–Kier alpha value is -1.89. The Morgan fingerprint density at radius 2 is 2.07 bits per heavy atom. The van der Waals surface area contributed by atoms with Crippen molar-refractivity contribution in [2.45, 2.75) is 19.3 Å². The number of nitrogens with zero attached hydrogens (tertiary/aromatic N) is 2. The lowest BCUT2D eigenvalue weighted by atomic mass is 10.1. The number of thioether (sulfide) groups is 1. The molecule has 4 rings (SSSR count). The number of allylic oxidation sites excluding steroid dienone is 2. The van der Waals surface area contributed by atoms with Crippen LogP contribution in [0.15, 0.2) is 50.6 Å². The lowest BCUT2D eigenvalue weighted by Crippen LogP contribution is -2.07. The average molecular weight is 432 g/mol. The van der Waals surface area contributed by atoms with Gasteiger partial charge in [-0.05, 0) is 48.2 Å². The molecule has 0 amide bonds. The Balaban J connectivity index is 1.38. The standard InChI is InChI=1S/C19H17N2O4PS2/c22-12-10-14-16-17(21-26-28-19(23)18(16)20-25-14)15(11-12)27-9-5-4-8-24-13-6-2-1-3-7-13/h1-3,6-7,11,26H,4-5,8-10H2. The number of ether oxygens (including phenoxy) is 1. The van der Waals surface area contributed by atoms with E-state index in [2.05, 4.69) is 9.92 Å². The number of hydrogen-bond acceptors (Lipinski definition) is 8. The van der Waals surface area contributed by atoms with E-state index in [1.165, 1.54) is 0 Å². The van der Waals surface area contributed by atoms with Gasteiger partial charge >= 0.3 is 0 Å². The largest absolute Gasteiger partial charge is 0.494 e. The van der Waals surface area contributed by atoms with Crippen molar-refractivity contribution in [3.05, 3.63) is 58.3 Å². The predicted molar refractivity (Wildman–Crippen MR) is 114 cm³/mol. The van der Waals surface area contributed by atoms with E-state index in [0.29, 0.717) is 23.6 Å². The summed E-state index contributed by atoms with van der Waals surface area (Å²) in [5, 5.41) is 3.74. The highest BCUT2D eigenvalue weighted by atomic mass is 32.7. The summed E-state index contributed by atoms with van der Waals surface area (Å²) < 4.78 is 15.5. The molecule has 1 unspecified atom stereocenters. The zero-order chi connectivity index (χ0) is 19.3. The number of ketones is 1. The SMILES string of the molecule is O=C1C=C(SCCCCOc2ccccc2)C2=NPSC(=O)c3noc(c32)C1. The maximum absolute atomic E-state index is 12.3. The molecule has 0 radical (unpaired) electrons. The lowest BCUT2D eigenvalue weighted by molar-refractivity contribution is -0.114. The summed E-state index contributed by atoms with van der Waals surface area (Å²) in [6.45, 7) is 0.649. The minimum Gasteiger partial charge on any atom is -0.494 e. The summed E-state index contributed by atoms with van der Waals surface area (Å²) in [7, 11) is 0.0581.